The van der Waals surface area contributed by atoms with E-state index in [1.807, 2.05) is 0 Å². The molecule has 0 aromatic heterocycles. The van der Waals surface area contributed by atoms with Gasteiger partial charge < -0.3 is 5.32 Å². The summed E-state index contributed by atoms with van der Waals surface area (Å²) in [6.07, 6.45) is 12.1. The van der Waals surface area contributed by atoms with Crippen LogP contribution in [0.4, 0.5) is 0 Å². The van der Waals surface area contributed by atoms with Crippen molar-refractivity contribution in [2.45, 2.75) is 57.9 Å². The first-order valence-corrected chi connectivity index (χ1v) is 6.22. The van der Waals surface area contributed by atoms with Crippen LogP contribution in [0, 0.1) is 5.92 Å². The van der Waals surface area contributed by atoms with Crippen LogP contribution in [0.3, 0.4) is 0 Å². The second-order valence-electron chi connectivity index (χ2n) is 4.49. The van der Waals surface area contributed by atoms with E-state index in [-0.39, 0.29) is 0 Å². The van der Waals surface area contributed by atoms with Crippen molar-refractivity contribution in [3.63, 3.8) is 0 Å². The van der Waals surface area contributed by atoms with Crippen LogP contribution in [0.5, 0.6) is 0 Å². The minimum atomic E-state index is 0.545. The molecule has 1 aliphatic carbocycles. The van der Waals surface area contributed by atoms with Gasteiger partial charge in [-0.25, -0.2) is 0 Å². The first-order valence-electron chi connectivity index (χ1n) is 6.22. The molecule has 1 aliphatic rings. The van der Waals surface area contributed by atoms with Crippen LogP contribution < -0.4 is 5.32 Å². The Morgan fingerprint density at radius 3 is 2.43 bits per heavy atom. The molecule has 0 aromatic rings. The molecule has 0 radical (unpaired) electrons. The molecular formula is C13H25N. The highest BCUT2D eigenvalue weighted by molar-refractivity contribution is 4.87. The predicted molar refractivity (Wildman–Crippen MR) is 63.5 cm³/mol. The van der Waals surface area contributed by atoms with E-state index in [0.29, 0.717) is 6.04 Å². The maximum absolute atomic E-state index is 3.91. The molecule has 1 N–H and O–H groups in total. The van der Waals surface area contributed by atoms with Crippen molar-refractivity contribution < 1.29 is 0 Å². The lowest BCUT2D eigenvalue weighted by Crippen LogP contribution is -2.28. The van der Waals surface area contributed by atoms with Crippen LogP contribution >= 0.6 is 0 Å². The maximum atomic E-state index is 3.91. The summed E-state index contributed by atoms with van der Waals surface area (Å²) >= 11 is 0. The number of rotatable bonds is 5. The van der Waals surface area contributed by atoms with Crippen molar-refractivity contribution in [1.29, 1.82) is 0 Å². The number of nitrogens with one attached hydrogen (secondary N) is 1. The highest BCUT2D eigenvalue weighted by atomic mass is 14.9. The average molecular weight is 195 g/mol. The first kappa shape index (κ1) is 11.8. The van der Waals surface area contributed by atoms with Gasteiger partial charge in [-0.3, -0.25) is 0 Å². The quantitative estimate of drug-likeness (QED) is 0.523. The Labute approximate surface area is 89.0 Å². The molecule has 0 aliphatic heterocycles. The highest BCUT2D eigenvalue weighted by Crippen LogP contribution is 2.26. The van der Waals surface area contributed by atoms with Crippen molar-refractivity contribution in [2.24, 2.45) is 5.92 Å². The van der Waals surface area contributed by atoms with Gasteiger partial charge in [-0.05, 0) is 18.9 Å². The van der Waals surface area contributed by atoms with E-state index in [2.05, 4.69) is 24.9 Å². The van der Waals surface area contributed by atoms with Crippen molar-refractivity contribution >= 4 is 0 Å². The molecule has 1 fully saturated rings. The summed E-state index contributed by atoms with van der Waals surface area (Å²) in [4.78, 5) is 0. The van der Waals surface area contributed by atoms with Crippen molar-refractivity contribution in [3.8, 4) is 0 Å². The fraction of sp³-hybridized carbons (Fsp3) is 0.846. The Morgan fingerprint density at radius 1 is 1.29 bits per heavy atom. The maximum Gasteiger partial charge on any atom is 0.0249 e. The second-order valence-corrected chi connectivity index (χ2v) is 4.49. The summed E-state index contributed by atoms with van der Waals surface area (Å²) in [5, 5.41) is 3.48. The van der Waals surface area contributed by atoms with E-state index >= 15 is 0 Å². The fourth-order valence-electron chi connectivity index (χ4n) is 2.48. The molecule has 82 valence electrons. The molecule has 1 heteroatoms. The van der Waals surface area contributed by atoms with E-state index < -0.39 is 0 Å². The van der Waals surface area contributed by atoms with Gasteiger partial charge in [0, 0.05) is 6.04 Å². The Hall–Kier alpha value is -0.300. The first-order chi connectivity index (χ1) is 6.86. The van der Waals surface area contributed by atoms with Gasteiger partial charge in [-0.15, -0.1) is 6.58 Å². The summed E-state index contributed by atoms with van der Waals surface area (Å²) in [6, 6.07) is 0.545. The molecule has 0 heterocycles. The summed E-state index contributed by atoms with van der Waals surface area (Å²) in [5.74, 6) is 0.944. The van der Waals surface area contributed by atoms with Crippen LogP contribution in [-0.2, 0) is 0 Å². The van der Waals surface area contributed by atoms with Crippen LogP contribution in [0.1, 0.15) is 51.9 Å². The summed E-state index contributed by atoms with van der Waals surface area (Å²) < 4.78 is 0. The largest absolute Gasteiger partial charge is 0.311 e. The molecular weight excluding hydrogens is 170 g/mol. The third-order valence-corrected chi connectivity index (χ3v) is 3.31. The van der Waals surface area contributed by atoms with E-state index in [0.717, 1.165) is 12.5 Å². The van der Waals surface area contributed by atoms with Crippen LogP contribution in [-0.4, -0.2) is 12.6 Å². The lowest BCUT2D eigenvalue weighted by Gasteiger charge is -2.20. The van der Waals surface area contributed by atoms with E-state index in [4.69, 9.17) is 0 Å². The SMILES string of the molecule is C=CC(CC1CCCCCC1)NCC. The van der Waals surface area contributed by atoms with Gasteiger partial charge in [-0.2, -0.15) is 0 Å². The van der Waals surface area contributed by atoms with Gasteiger partial charge >= 0.3 is 0 Å². The third kappa shape index (κ3) is 4.28. The smallest absolute Gasteiger partial charge is 0.0249 e. The van der Waals surface area contributed by atoms with E-state index in [1.165, 1.54) is 44.9 Å². The topological polar surface area (TPSA) is 12.0 Å². The lowest BCUT2D eigenvalue weighted by molar-refractivity contribution is 0.385. The monoisotopic (exact) mass is 195 g/mol. The molecule has 0 spiro atoms. The lowest BCUT2D eigenvalue weighted by atomic mass is 9.92. The minimum Gasteiger partial charge on any atom is -0.311 e. The average Bonchev–Trinajstić information content (AvgIpc) is 2.45. The standard InChI is InChI=1S/C13H25N/c1-3-13(14-4-2)11-12-9-7-5-6-8-10-12/h3,12-14H,1,4-11H2,2H3. The van der Waals surface area contributed by atoms with Crippen LogP contribution in [0.15, 0.2) is 12.7 Å². The van der Waals surface area contributed by atoms with Gasteiger partial charge in [0.15, 0.2) is 0 Å². The predicted octanol–water partition coefficient (Wildman–Crippen LogP) is 3.51. The summed E-state index contributed by atoms with van der Waals surface area (Å²) in [6.45, 7) is 7.14. The van der Waals surface area contributed by atoms with Gasteiger partial charge in [0.05, 0.1) is 0 Å². The zero-order valence-electron chi connectivity index (χ0n) is 9.60. The van der Waals surface area contributed by atoms with Gasteiger partial charge in [-0.1, -0.05) is 51.5 Å². The van der Waals surface area contributed by atoms with Gasteiger partial charge in [0.1, 0.15) is 0 Å². The normalized spacial score (nSPS) is 21.5. The number of hydrogen-bond acceptors (Lipinski definition) is 1. The van der Waals surface area contributed by atoms with Gasteiger partial charge in [0.25, 0.3) is 0 Å². The molecule has 1 saturated carbocycles. The van der Waals surface area contributed by atoms with Crippen LogP contribution in [0.2, 0.25) is 0 Å². The second kappa shape index (κ2) is 7.05. The molecule has 0 saturated heterocycles. The zero-order chi connectivity index (χ0) is 10.2. The molecule has 1 rings (SSSR count). The van der Waals surface area contributed by atoms with E-state index in [9.17, 15) is 0 Å². The summed E-state index contributed by atoms with van der Waals surface area (Å²) in [7, 11) is 0. The van der Waals surface area contributed by atoms with E-state index in [1.54, 1.807) is 0 Å². The van der Waals surface area contributed by atoms with Gasteiger partial charge in [0.2, 0.25) is 0 Å². The molecule has 0 bridgehead atoms. The third-order valence-electron chi connectivity index (χ3n) is 3.31. The Balaban J connectivity index is 2.28. The van der Waals surface area contributed by atoms with Crippen molar-refractivity contribution in [3.05, 3.63) is 12.7 Å². The van der Waals surface area contributed by atoms with Crippen molar-refractivity contribution in [2.75, 3.05) is 6.54 Å². The minimum absolute atomic E-state index is 0.545. The zero-order valence-corrected chi connectivity index (χ0v) is 9.60. The number of likely N-dealkylation sites (N-methyl/N-ethyl adjacent to an activating group) is 1. The molecule has 1 atom stereocenters. The molecule has 0 amide bonds. The molecule has 14 heavy (non-hydrogen) atoms. The van der Waals surface area contributed by atoms with Crippen LogP contribution in [0.25, 0.3) is 0 Å². The Kier molecular flexibility index (Phi) is 5.93. The number of hydrogen-bond donors (Lipinski definition) is 1. The fourth-order valence-corrected chi connectivity index (χ4v) is 2.48. The molecule has 0 aromatic carbocycles. The molecule has 1 unspecified atom stereocenters. The highest BCUT2D eigenvalue weighted by Gasteiger charge is 2.15. The summed E-state index contributed by atoms with van der Waals surface area (Å²) in [5.41, 5.74) is 0. The van der Waals surface area contributed by atoms with Crippen molar-refractivity contribution in [1.82, 2.24) is 5.32 Å². The Morgan fingerprint density at radius 2 is 1.93 bits per heavy atom. The molecule has 1 nitrogen and oxygen atoms in total. The Bertz CT molecular complexity index is 145.